The van der Waals surface area contributed by atoms with Gasteiger partial charge in [-0.1, -0.05) is 184 Å². The smallest absolute Gasteiger partial charge is 0.306 e. The first kappa shape index (κ1) is 46.1. The van der Waals surface area contributed by atoms with Gasteiger partial charge in [0, 0.05) is 13.0 Å². The van der Waals surface area contributed by atoms with E-state index in [4.69, 9.17) is 9.47 Å². The maximum absolute atomic E-state index is 12.2. The molecule has 0 saturated carbocycles. The maximum Gasteiger partial charge on any atom is 0.306 e. The summed E-state index contributed by atoms with van der Waals surface area (Å²) in [5.74, 6) is -0.208. The Morgan fingerprint density at radius 2 is 0.938 bits per heavy atom. The van der Waals surface area contributed by atoms with E-state index in [2.05, 4.69) is 74.6 Å². The van der Waals surface area contributed by atoms with Crippen LogP contribution in [0.1, 0.15) is 187 Å². The molecule has 0 heterocycles. The molecule has 1 unspecified atom stereocenters. The molecule has 0 fully saturated rings. The van der Waals surface area contributed by atoms with Gasteiger partial charge >= 0.3 is 5.97 Å². The van der Waals surface area contributed by atoms with E-state index in [1.54, 1.807) is 0 Å². The van der Waals surface area contributed by atoms with Crippen molar-refractivity contribution in [2.75, 3.05) is 19.8 Å². The number of hydrogen-bond donors (Lipinski definition) is 1. The zero-order valence-corrected chi connectivity index (χ0v) is 31.7. The lowest BCUT2D eigenvalue weighted by Crippen LogP contribution is -2.27. The van der Waals surface area contributed by atoms with Crippen molar-refractivity contribution >= 4 is 5.97 Å². The highest BCUT2D eigenvalue weighted by atomic mass is 16.6. The number of unbranched alkanes of at least 4 members (excludes halogenated alkanes) is 19. The van der Waals surface area contributed by atoms with Crippen LogP contribution in [0.4, 0.5) is 0 Å². The van der Waals surface area contributed by atoms with Crippen LogP contribution < -0.4 is 0 Å². The molecule has 0 aliphatic heterocycles. The van der Waals surface area contributed by atoms with Crippen LogP contribution in [0.25, 0.3) is 0 Å². The topological polar surface area (TPSA) is 55.8 Å². The highest BCUT2D eigenvalue weighted by molar-refractivity contribution is 5.69. The molecule has 1 N–H and O–H groups in total. The van der Waals surface area contributed by atoms with Crippen molar-refractivity contribution in [1.29, 1.82) is 0 Å². The summed E-state index contributed by atoms with van der Waals surface area (Å²) < 4.78 is 11.1. The fourth-order valence-corrected chi connectivity index (χ4v) is 5.59. The van der Waals surface area contributed by atoms with Crippen molar-refractivity contribution in [2.45, 2.75) is 193 Å². The lowest BCUT2D eigenvalue weighted by molar-refractivity contribution is -0.154. The summed E-state index contributed by atoms with van der Waals surface area (Å²) in [5, 5.41) is 9.56. The first-order chi connectivity index (χ1) is 23.7. The number of aliphatic hydroxyl groups excluding tert-OH is 1. The SMILES string of the molecule is CC/C=C\C/C=C\C/C=C\C/C=C\C/C=C\CCCCCCCCCCCC(=O)OC(CO)COCCCCCCCCCCCCC. The van der Waals surface area contributed by atoms with Gasteiger partial charge in [-0.05, 0) is 57.8 Å². The molecule has 0 aliphatic carbocycles. The van der Waals surface area contributed by atoms with Gasteiger partial charge < -0.3 is 14.6 Å². The summed E-state index contributed by atoms with van der Waals surface area (Å²) in [4.78, 5) is 12.2. The number of allylic oxidation sites excluding steroid dienone is 10. The minimum absolute atomic E-state index is 0.174. The fourth-order valence-electron chi connectivity index (χ4n) is 5.59. The van der Waals surface area contributed by atoms with Crippen LogP contribution in [-0.2, 0) is 14.3 Å². The fraction of sp³-hybridized carbons (Fsp3) is 0.750. The summed E-state index contributed by atoms with van der Waals surface area (Å²) in [6, 6.07) is 0. The summed E-state index contributed by atoms with van der Waals surface area (Å²) >= 11 is 0. The Kier molecular flexibility index (Phi) is 39.6. The predicted octanol–water partition coefficient (Wildman–Crippen LogP) is 13.3. The summed E-state index contributed by atoms with van der Waals surface area (Å²) in [6.45, 7) is 5.23. The van der Waals surface area contributed by atoms with Crippen LogP contribution in [-0.4, -0.2) is 37.0 Å². The minimum Gasteiger partial charge on any atom is -0.457 e. The molecule has 0 amide bonds. The first-order valence-corrected chi connectivity index (χ1v) is 20.4. The quantitative estimate of drug-likeness (QED) is 0.0406. The van der Waals surface area contributed by atoms with E-state index in [0.29, 0.717) is 19.6 Å². The molecule has 48 heavy (non-hydrogen) atoms. The Morgan fingerprint density at radius 1 is 0.521 bits per heavy atom. The Morgan fingerprint density at radius 3 is 1.42 bits per heavy atom. The first-order valence-electron chi connectivity index (χ1n) is 20.4. The molecule has 0 radical (unpaired) electrons. The van der Waals surface area contributed by atoms with Gasteiger partial charge in [0.1, 0.15) is 6.10 Å². The molecule has 0 aliphatic rings. The summed E-state index contributed by atoms with van der Waals surface area (Å²) in [5.41, 5.74) is 0. The van der Waals surface area contributed by atoms with Crippen LogP contribution >= 0.6 is 0 Å². The Balaban J connectivity index is 3.47. The Bertz CT molecular complexity index is 794. The van der Waals surface area contributed by atoms with Crippen LogP contribution in [0, 0.1) is 0 Å². The molecule has 0 saturated heterocycles. The van der Waals surface area contributed by atoms with Crippen molar-refractivity contribution in [3.63, 3.8) is 0 Å². The maximum atomic E-state index is 12.2. The van der Waals surface area contributed by atoms with Gasteiger partial charge in [0.25, 0.3) is 0 Å². The van der Waals surface area contributed by atoms with Crippen molar-refractivity contribution in [3.05, 3.63) is 60.8 Å². The van der Waals surface area contributed by atoms with E-state index >= 15 is 0 Å². The third kappa shape index (κ3) is 38.5. The Labute approximate surface area is 298 Å². The predicted molar refractivity (Wildman–Crippen MR) is 209 cm³/mol. The molecular formula is C44H78O4. The summed E-state index contributed by atoms with van der Waals surface area (Å²) in [6.07, 6.45) is 54.1. The molecule has 0 rings (SSSR count). The zero-order chi connectivity index (χ0) is 34.9. The van der Waals surface area contributed by atoms with E-state index in [-0.39, 0.29) is 12.6 Å². The van der Waals surface area contributed by atoms with Crippen LogP contribution in [0.3, 0.4) is 0 Å². The van der Waals surface area contributed by atoms with E-state index in [1.807, 2.05) is 0 Å². The monoisotopic (exact) mass is 671 g/mol. The van der Waals surface area contributed by atoms with Crippen LogP contribution in [0.5, 0.6) is 0 Å². The van der Waals surface area contributed by atoms with Crippen molar-refractivity contribution < 1.29 is 19.4 Å². The highest BCUT2D eigenvalue weighted by Crippen LogP contribution is 2.13. The molecule has 0 aromatic rings. The highest BCUT2D eigenvalue weighted by Gasteiger charge is 2.13. The lowest BCUT2D eigenvalue weighted by atomic mass is 10.1. The second-order valence-electron chi connectivity index (χ2n) is 13.3. The molecular weight excluding hydrogens is 592 g/mol. The largest absolute Gasteiger partial charge is 0.457 e. The number of carbonyl (C=O) groups is 1. The number of ether oxygens (including phenoxy) is 2. The van der Waals surface area contributed by atoms with Gasteiger partial charge in [-0.15, -0.1) is 0 Å². The average molecular weight is 671 g/mol. The Hall–Kier alpha value is -1.91. The van der Waals surface area contributed by atoms with E-state index < -0.39 is 6.10 Å². The molecule has 4 heteroatoms. The summed E-state index contributed by atoms with van der Waals surface area (Å²) in [7, 11) is 0. The second-order valence-corrected chi connectivity index (χ2v) is 13.3. The van der Waals surface area contributed by atoms with E-state index in [9.17, 15) is 9.90 Å². The molecule has 0 bridgehead atoms. The minimum atomic E-state index is -0.536. The van der Waals surface area contributed by atoms with Crippen molar-refractivity contribution in [1.82, 2.24) is 0 Å². The van der Waals surface area contributed by atoms with Crippen molar-refractivity contribution in [2.24, 2.45) is 0 Å². The lowest BCUT2D eigenvalue weighted by Gasteiger charge is -2.16. The van der Waals surface area contributed by atoms with Gasteiger partial charge in [-0.3, -0.25) is 4.79 Å². The number of hydrogen-bond acceptors (Lipinski definition) is 4. The molecule has 1 atom stereocenters. The van der Waals surface area contributed by atoms with Gasteiger partial charge in [0.15, 0.2) is 0 Å². The number of rotatable bonds is 37. The number of aliphatic hydroxyl groups is 1. The number of carbonyl (C=O) groups excluding carboxylic acids is 1. The van der Waals surface area contributed by atoms with Crippen LogP contribution in [0.2, 0.25) is 0 Å². The van der Waals surface area contributed by atoms with Gasteiger partial charge in [0.05, 0.1) is 13.2 Å². The molecule has 0 aromatic carbocycles. The van der Waals surface area contributed by atoms with Gasteiger partial charge in [0.2, 0.25) is 0 Å². The number of esters is 1. The van der Waals surface area contributed by atoms with E-state index in [0.717, 1.165) is 51.4 Å². The molecule has 0 spiro atoms. The molecule has 0 aromatic heterocycles. The molecule has 4 nitrogen and oxygen atoms in total. The van der Waals surface area contributed by atoms with Crippen LogP contribution in [0.15, 0.2) is 60.8 Å². The van der Waals surface area contributed by atoms with Gasteiger partial charge in [-0.25, -0.2) is 0 Å². The normalized spacial score (nSPS) is 13.0. The third-order valence-corrected chi connectivity index (χ3v) is 8.61. The standard InChI is InChI=1S/C44H78O4/c1-3-5-7-9-11-13-15-16-17-18-19-20-21-22-23-24-25-26-27-28-29-31-33-35-37-39-44(46)48-43(41-45)42-47-40-38-36-34-32-30-14-12-10-8-6-4-2/h5,7,11,13,16-17,19-20,22-23,43,45H,3-4,6,8-10,12,14-15,18,21,24-42H2,1-2H3/b7-5-,13-11-,17-16-,20-19-,23-22-. The zero-order valence-electron chi connectivity index (χ0n) is 31.7. The molecule has 278 valence electrons. The van der Waals surface area contributed by atoms with Crippen molar-refractivity contribution in [3.8, 4) is 0 Å². The second kappa shape index (κ2) is 41.3. The van der Waals surface area contributed by atoms with Gasteiger partial charge in [-0.2, -0.15) is 0 Å². The average Bonchev–Trinajstić information content (AvgIpc) is 3.09. The van der Waals surface area contributed by atoms with E-state index in [1.165, 1.54) is 116 Å². The third-order valence-electron chi connectivity index (χ3n) is 8.61.